The van der Waals surface area contributed by atoms with Gasteiger partial charge in [-0.1, -0.05) is 22.0 Å². The Morgan fingerprint density at radius 3 is 2.82 bits per heavy atom. The van der Waals surface area contributed by atoms with Gasteiger partial charge in [0.05, 0.1) is 0 Å². The summed E-state index contributed by atoms with van der Waals surface area (Å²) in [4.78, 5) is 0. The zero-order valence-electron chi connectivity index (χ0n) is 8.99. The lowest BCUT2D eigenvalue weighted by Gasteiger charge is -2.07. The van der Waals surface area contributed by atoms with E-state index in [4.69, 9.17) is 11.1 Å². The Morgan fingerprint density at radius 1 is 1.47 bits per heavy atom. The zero-order chi connectivity index (χ0) is 12.4. The standard InChI is InChI=1S/C10H10BrN5O/c1-5-2-3-6(4-7(5)11)14-9(12)8-10(13)16-17-15-8/h2-4H,1H3,(H2,12,14)(H2,13,16). The van der Waals surface area contributed by atoms with Gasteiger partial charge in [-0.05, 0) is 34.9 Å². The quantitative estimate of drug-likeness (QED) is 0.582. The Bertz CT molecular complexity index is 566. The van der Waals surface area contributed by atoms with E-state index in [0.717, 1.165) is 15.7 Å². The zero-order valence-corrected chi connectivity index (χ0v) is 10.6. The average molecular weight is 296 g/mol. The van der Waals surface area contributed by atoms with Crippen LogP contribution in [0.25, 0.3) is 0 Å². The molecule has 0 amide bonds. The third-order valence-electron chi connectivity index (χ3n) is 2.19. The lowest BCUT2D eigenvalue weighted by atomic mass is 10.2. The number of halogens is 1. The van der Waals surface area contributed by atoms with Gasteiger partial charge < -0.3 is 11.1 Å². The number of anilines is 2. The van der Waals surface area contributed by atoms with Crippen molar-refractivity contribution in [3.8, 4) is 0 Å². The first-order valence-corrected chi connectivity index (χ1v) is 5.57. The SMILES string of the molecule is Cc1ccc(NC(=N)c2nonc2N)cc1Br. The number of benzene rings is 1. The van der Waals surface area contributed by atoms with Crippen molar-refractivity contribution in [2.24, 2.45) is 0 Å². The highest BCUT2D eigenvalue weighted by molar-refractivity contribution is 9.10. The summed E-state index contributed by atoms with van der Waals surface area (Å²) in [5.74, 6) is 0.133. The van der Waals surface area contributed by atoms with Crippen molar-refractivity contribution in [3.05, 3.63) is 33.9 Å². The molecule has 2 rings (SSSR count). The molecule has 0 saturated carbocycles. The molecule has 6 nitrogen and oxygen atoms in total. The summed E-state index contributed by atoms with van der Waals surface area (Å²) in [6, 6.07) is 5.66. The summed E-state index contributed by atoms with van der Waals surface area (Å²) in [6.45, 7) is 1.98. The van der Waals surface area contributed by atoms with E-state index in [0.29, 0.717) is 0 Å². The molecule has 0 radical (unpaired) electrons. The largest absolute Gasteiger partial charge is 0.379 e. The molecule has 17 heavy (non-hydrogen) atoms. The molecule has 0 aliphatic heterocycles. The number of rotatable bonds is 2. The van der Waals surface area contributed by atoms with Crippen molar-refractivity contribution in [2.45, 2.75) is 6.92 Å². The van der Waals surface area contributed by atoms with Crippen molar-refractivity contribution in [1.29, 1.82) is 5.41 Å². The molecular weight excluding hydrogens is 286 g/mol. The molecule has 1 aromatic heterocycles. The summed E-state index contributed by atoms with van der Waals surface area (Å²) in [6.07, 6.45) is 0. The van der Waals surface area contributed by atoms with E-state index in [1.54, 1.807) is 0 Å². The molecule has 4 N–H and O–H groups in total. The first-order valence-electron chi connectivity index (χ1n) is 4.78. The van der Waals surface area contributed by atoms with Crippen LogP contribution in [0, 0.1) is 12.3 Å². The molecule has 0 spiro atoms. The van der Waals surface area contributed by atoms with Gasteiger partial charge in [0.15, 0.2) is 17.3 Å². The van der Waals surface area contributed by atoms with Crippen LogP contribution in [0.5, 0.6) is 0 Å². The van der Waals surface area contributed by atoms with Crippen LogP contribution in [0.15, 0.2) is 27.3 Å². The molecule has 0 bridgehead atoms. The van der Waals surface area contributed by atoms with Crippen LogP contribution in [0.3, 0.4) is 0 Å². The Kier molecular flexibility index (Phi) is 3.10. The normalized spacial score (nSPS) is 10.2. The first kappa shape index (κ1) is 11.6. The molecule has 1 aromatic carbocycles. The summed E-state index contributed by atoms with van der Waals surface area (Å²) in [5, 5.41) is 17.6. The van der Waals surface area contributed by atoms with Crippen molar-refractivity contribution in [3.63, 3.8) is 0 Å². The molecule has 0 aliphatic carbocycles. The predicted molar refractivity (Wildman–Crippen MR) is 68.0 cm³/mol. The van der Waals surface area contributed by atoms with E-state index in [-0.39, 0.29) is 17.3 Å². The van der Waals surface area contributed by atoms with Crippen LogP contribution in [0.4, 0.5) is 11.5 Å². The number of nitrogen functional groups attached to an aromatic ring is 1. The highest BCUT2D eigenvalue weighted by atomic mass is 79.9. The highest BCUT2D eigenvalue weighted by Crippen LogP contribution is 2.21. The van der Waals surface area contributed by atoms with Gasteiger partial charge in [0.1, 0.15) is 0 Å². The Hall–Kier alpha value is -1.89. The van der Waals surface area contributed by atoms with Gasteiger partial charge in [0.2, 0.25) is 0 Å². The summed E-state index contributed by atoms with van der Waals surface area (Å²) in [7, 11) is 0. The molecule has 0 fully saturated rings. The van der Waals surface area contributed by atoms with Gasteiger partial charge in [-0.3, -0.25) is 5.41 Å². The fourth-order valence-electron chi connectivity index (χ4n) is 1.24. The fraction of sp³-hybridized carbons (Fsp3) is 0.100. The van der Waals surface area contributed by atoms with Crippen LogP contribution in [-0.4, -0.2) is 16.1 Å². The molecule has 7 heteroatoms. The third kappa shape index (κ3) is 2.44. The van der Waals surface area contributed by atoms with E-state index < -0.39 is 0 Å². The molecule has 1 heterocycles. The molecule has 0 aliphatic rings. The second-order valence-electron chi connectivity index (χ2n) is 3.46. The van der Waals surface area contributed by atoms with Crippen molar-refractivity contribution in [2.75, 3.05) is 11.1 Å². The van der Waals surface area contributed by atoms with E-state index >= 15 is 0 Å². The maximum absolute atomic E-state index is 7.78. The Balaban J connectivity index is 2.19. The van der Waals surface area contributed by atoms with Crippen LogP contribution < -0.4 is 11.1 Å². The average Bonchev–Trinajstić information content (AvgIpc) is 2.70. The van der Waals surface area contributed by atoms with Crippen molar-refractivity contribution < 1.29 is 4.63 Å². The van der Waals surface area contributed by atoms with Gasteiger partial charge >= 0.3 is 0 Å². The van der Waals surface area contributed by atoms with Gasteiger partial charge in [0, 0.05) is 10.2 Å². The van der Waals surface area contributed by atoms with Crippen molar-refractivity contribution in [1.82, 2.24) is 10.3 Å². The number of aromatic nitrogens is 2. The number of hydrogen-bond donors (Lipinski definition) is 3. The number of amidine groups is 1. The van der Waals surface area contributed by atoms with Crippen LogP contribution in [0.2, 0.25) is 0 Å². The smallest absolute Gasteiger partial charge is 0.199 e. The maximum atomic E-state index is 7.78. The van der Waals surface area contributed by atoms with E-state index in [2.05, 4.69) is 36.2 Å². The molecule has 0 atom stereocenters. The van der Waals surface area contributed by atoms with Gasteiger partial charge in [-0.2, -0.15) is 0 Å². The molecular formula is C10H10BrN5O. The summed E-state index contributed by atoms with van der Waals surface area (Å²) < 4.78 is 5.39. The topological polar surface area (TPSA) is 101 Å². The molecule has 0 saturated heterocycles. The second kappa shape index (κ2) is 4.54. The Labute approximate surface area is 106 Å². The number of nitrogens with one attached hydrogen (secondary N) is 2. The highest BCUT2D eigenvalue weighted by Gasteiger charge is 2.12. The molecule has 2 aromatic rings. The van der Waals surface area contributed by atoms with Gasteiger partial charge in [0.25, 0.3) is 0 Å². The van der Waals surface area contributed by atoms with E-state index in [1.165, 1.54) is 0 Å². The minimum absolute atomic E-state index is 0.0412. The lowest BCUT2D eigenvalue weighted by molar-refractivity contribution is 0.308. The summed E-state index contributed by atoms with van der Waals surface area (Å²) in [5.41, 5.74) is 7.56. The number of nitrogens with zero attached hydrogens (tertiary/aromatic N) is 2. The van der Waals surface area contributed by atoms with Crippen LogP contribution >= 0.6 is 15.9 Å². The Morgan fingerprint density at radius 2 is 2.24 bits per heavy atom. The lowest BCUT2D eigenvalue weighted by Crippen LogP contribution is -2.14. The number of nitrogens with two attached hydrogens (primary N) is 1. The maximum Gasteiger partial charge on any atom is 0.199 e. The monoisotopic (exact) mass is 295 g/mol. The van der Waals surface area contributed by atoms with Crippen LogP contribution in [0.1, 0.15) is 11.3 Å². The van der Waals surface area contributed by atoms with Gasteiger partial charge in [-0.25, -0.2) is 4.63 Å². The molecule has 0 unspecified atom stereocenters. The minimum atomic E-state index is 0.0412. The number of aryl methyl sites for hydroxylation is 1. The minimum Gasteiger partial charge on any atom is -0.379 e. The predicted octanol–water partition coefficient (Wildman–Crippen LogP) is 2.16. The first-order chi connectivity index (χ1) is 8.08. The van der Waals surface area contributed by atoms with E-state index in [1.807, 2.05) is 25.1 Å². The fourth-order valence-corrected chi connectivity index (χ4v) is 1.62. The van der Waals surface area contributed by atoms with E-state index in [9.17, 15) is 0 Å². The van der Waals surface area contributed by atoms with Crippen LogP contribution in [-0.2, 0) is 0 Å². The third-order valence-corrected chi connectivity index (χ3v) is 3.05. The van der Waals surface area contributed by atoms with Gasteiger partial charge in [-0.15, -0.1) is 0 Å². The second-order valence-corrected chi connectivity index (χ2v) is 4.32. The number of hydrogen-bond acceptors (Lipinski definition) is 5. The summed E-state index contributed by atoms with van der Waals surface area (Å²) >= 11 is 3.42. The van der Waals surface area contributed by atoms with Crippen molar-refractivity contribution >= 4 is 33.3 Å². The molecule has 88 valence electrons.